The molecule has 0 unspecified atom stereocenters. The number of aliphatic hydroxyl groups excluding tert-OH is 1. The molecule has 212 valence electrons. The van der Waals surface area contributed by atoms with Crippen LogP contribution in [0.3, 0.4) is 0 Å². The topological polar surface area (TPSA) is 139 Å². The van der Waals surface area contributed by atoms with Gasteiger partial charge in [0.15, 0.2) is 5.82 Å². The highest BCUT2D eigenvalue weighted by molar-refractivity contribution is 6.05. The number of amides is 1. The number of nitrogens with one attached hydrogen (secondary N) is 2. The number of nitrogen functional groups attached to an aromatic ring is 1. The minimum absolute atomic E-state index is 0.00311. The Kier molecular flexibility index (Phi) is 8.09. The minimum Gasteiger partial charge on any atom is -0.392 e. The van der Waals surface area contributed by atoms with Crippen LogP contribution in [0, 0.1) is 0 Å². The van der Waals surface area contributed by atoms with Gasteiger partial charge in [0.05, 0.1) is 19.8 Å². The van der Waals surface area contributed by atoms with Gasteiger partial charge in [-0.25, -0.2) is 4.39 Å². The highest BCUT2D eigenvalue weighted by Crippen LogP contribution is 2.30. The molecule has 0 aliphatic carbocycles. The van der Waals surface area contributed by atoms with Crippen molar-refractivity contribution in [2.24, 2.45) is 0 Å². The molecule has 1 saturated heterocycles. The van der Waals surface area contributed by atoms with Gasteiger partial charge < -0.3 is 31.1 Å². The Hall–Kier alpha value is -4.61. The summed E-state index contributed by atoms with van der Waals surface area (Å²) in [6.07, 6.45) is 0. The zero-order valence-electron chi connectivity index (χ0n) is 22.9. The lowest BCUT2D eigenvalue weighted by Crippen LogP contribution is -2.36. The van der Waals surface area contributed by atoms with E-state index in [-0.39, 0.29) is 17.7 Å². The van der Waals surface area contributed by atoms with E-state index in [0.717, 1.165) is 24.5 Å². The van der Waals surface area contributed by atoms with Crippen LogP contribution in [-0.4, -0.2) is 52.3 Å². The Morgan fingerprint density at radius 1 is 1.02 bits per heavy atom. The molecular formula is C30H32FN7O3. The Morgan fingerprint density at radius 2 is 1.73 bits per heavy atom. The van der Waals surface area contributed by atoms with Crippen LogP contribution in [0.2, 0.25) is 0 Å². The van der Waals surface area contributed by atoms with Gasteiger partial charge in [0.2, 0.25) is 11.9 Å². The minimum atomic E-state index is -1.51. The summed E-state index contributed by atoms with van der Waals surface area (Å²) in [5.74, 6) is 0.0650. The third-order valence-electron chi connectivity index (χ3n) is 6.81. The first-order valence-corrected chi connectivity index (χ1v) is 13.3. The fourth-order valence-electron chi connectivity index (χ4n) is 4.57. The molecule has 5 rings (SSSR count). The molecule has 10 nitrogen and oxygen atoms in total. The molecule has 0 bridgehead atoms. The van der Waals surface area contributed by atoms with E-state index in [1.165, 1.54) is 13.8 Å². The number of hydrogen-bond acceptors (Lipinski definition) is 9. The third kappa shape index (κ3) is 6.59. The quantitative estimate of drug-likeness (QED) is 0.244. The van der Waals surface area contributed by atoms with E-state index in [4.69, 9.17) is 10.5 Å². The molecule has 11 heteroatoms. The number of nitrogens with zero attached hydrogens (tertiary/aromatic N) is 4. The monoisotopic (exact) mass is 557 g/mol. The van der Waals surface area contributed by atoms with Gasteiger partial charge in [0.1, 0.15) is 5.67 Å². The zero-order valence-corrected chi connectivity index (χ0v) is 22.9. The number of aliphatic hydroxyl groups is 1. The number of carbonyl (C=O) groups is 1. The number of hydrogen-bond donors (Lipinski definition) is 4. The van der Waals surface area contributed by atoms with Gasteiger partial charge in [0.25, 0.3) is 5.91 Å². The maximum atomic E-state index is 14.2. The average molecular weight is 558 g/mol. The van der Waals surface area contributed by atoms with E-state index in [1.54, 1.807) is 42.5 Å². The Balaban J connectivity index is 1.36. The van der Waals surface area contributed by atoms with Gasteiger partial charge in [-0.2, -0.15) is 15.0 Å². The number of carbonyl (C=O) groups excluding carboxylic acids is 1. The van der Waals surface area contributed by atoms with Crippen LogP contribution >= 0.6 is 0 Å². The molecule has 1 fully saturated rings. The van der Waals surface area contributed by atoms with Crippen molar-refractivity contribution < 1.29 is 19.0 Å². The fourth-order valence-corrected chi connectivity index (χ4v) is 4.57. The van der Waals surface area contributed by atoms with E-state index in [2.05, 4.69) is 30.5 Å². The molecule has 1 aliphatic heterocycles. The van der Waals surface area contributed by atoms with Crippen molar-refractivity contribution in [3.8, 4) is 11.4 Å². The van der Waals surface area contributed by atoms with E-state index in [1.807, 2.05) is 24.3 Å². The standard InChI is InChI=1S/C30H32FN7O3/c1-30(2,31)20-8-6-19(7-9-20)27(40)34-25-5-3-4-23(24(25)18-39)26-35-28(32)37-29(36-26)33-21-10-12-22(13-11-21)38-14-16-41-17-15-38/h3-13,39H,14-18H2,1-2H3,(H,34,40)(H3,32,33,35,36,37). The van der Waals surface area contributed by atoms with Crippen LogP contribution in [0.15, 0.2) is 66.7 Å². The normalized spacial score (nSPS) is 13.6. The number of rotatable bonds is 8. The predicted octanol–water partition coefficient (Wildman–Crippen LogP) is 4.65. The molecule has 1 aromatic heterocycles. The van der Waals surface area contributed by atoms with E-state index in [0.29, 0.717) is 41.2 Å². The van der Waals surface area contributed by atoms with Crippen LogP contribution in [0.5, 0.6) is 0 Å². The number of aromatic nitrogens is 3. The molecular weight excluding hydrogens is 525 g/mol. The molecule has 0 saturated carbocycles. The number of anilines is 5. The summed E-state index contributed by atoms with van der Waals surface area (Å²) < 4.78 is 19.6. The molecule has 0 radical (unpaired) electrons. The molecule has 3 aromatic carbocycles. The molecule has 4 aromatic rings. The first kappa shape index (κ1) is 27.9. The number of ether oxygens (including phenoxy) is 1. The first-order chi connectivity index (χ1) is 19.7. The summed E-state index contributed by atoms with van der Waals surface area (Å²) in [6.45, 7) is 5.63. The van der Waals surface area contributed by atoms with E-state index < -0.39 is 18.2 Å². The van der Waals surface area contributed by atoms with Gasteiger partial charge in [-0.05, 0) is 61.9 Å². The van der Waals surface area contributed by atoms with Crippen molar-refractivity contribution in [2.75, 3.05) is 47.6 Å². The summed E-state index contributed by atoms with van der Waals surface area (Å²) in [4.78, 5) is 28.2. The Bertz CT molecular complexity index is 1520. The van der Waals surface area contributed by atoms with Crippen molar-refractivity contribution >= 4 is 34.9 Å². The zero-order chi connectivity index (χ0) is 29.0. The summed E-state index contributed by atoms with van der Waals surface area (Å²) >= 11 is 0. The highest BCUT2D eigenvalue weighted by Gasteiger charge is 2.20. The Labute approximate surface area is 237 Å². The fraction of sp³-hybridized carbons (Fsp3) is 0.267. The molecule has 41 heavy (non-hydrogen) atoms. The second kappa shape index (κ2) is 11.9. The summed E-state index contributed by atoms with van der Waals surface area (Å²) in [6, 6.07) is 19.3. The van der Waals surface area contributed by atoms with Gasteiger partial charge in [-0.1, -0.05) is 24.3 Å². The van der Waals surface area contributed by atoms with E-state index in [9.17, 15) is 14.3 Å². The molecule has 2 heterocycles. The molecule has 1 aliphatic rings. The predicted molar refractivity (Wildman–Crippen MR) is 157 cm³/mol. The lowest BCUT2D eigenvalue weighted by molar-refractivity contribution is 0.102. The smallest absolute Gasteiger partial charge is 0.255 e. The van der Waals surface area contributed by atoms with Crippen LogP contribution < -0.4 is 21.3 Å². The SMILES string of the molecule is CC(C)(F)c1ccc(C(=O)Nc2cccc(-c3nc(N)nc(Nc4ccc(N5CCOCC5)cc4)n3)c2CO)cc1. The Morgan fingerprint density at radius 3 is 2.39 bits per heavy atom. The molecule has 0 spiro atoms. The largest absolute Gasteiger partial charge is 0.392 e. The third-order valence-corrected chi connectivity index (χ3v) is 6.81. The number of benzene rings is 3. The van der Waals surface area contributed by atoms with Crippen molar-refractivity contribution in [2.45, 2.75) is 26.1 Å². The van der Waals surface area contributed by atoms with Gasteiger partial charge in [-0.3, -0.25) is 4.79 Å². The average Bonchev–Trinajstić information content (AvgIpc) is 2.97. The lowest BCUT2D eigenvalue weighted by Gasteiger charge is -2.28. The van der Waals surface area contributed by atoms with Gasteiger partial charge in [-0.15, -0.1) is 0 Å². The summed E-state index contributed by atoms with van der Waals surface area (Å²) in [5.41, 5.74) is 8.48. The number of morpholine rings is 1. The van der Waals surface area contributed by atoms with Crippen LogP contribution in [0.1, 0.15) is 35.3 Å². The summed E-state index contributed by atoms with van der Waals surface area (Å²) in [7, 11) is 0. The van der Waals surface area contributed by atoms with E-state index >= 15 is 0 Å². The van der Waals surface area contributed by atoms with Crippen LogP contribution in [-0.2, 0) is 17.0 Å². The van der Waals surface area contributed by atoms with Crippen molar-refractivity contribution in [3.05, 3.63) is 83.4 Å². The lowest BCUT2D eigenvalue weighted by atomic mass is 9.98. The maximum Gasteiger partial charge on any atom is 0.255 e. The van der Waals surface area contributed by atoms with Gasteiger partial charge in [0, 0.05) is 46.8 Å². The van der Waals surface area contributed by atoms with Gasteiger partial charge >= 0.3 is 0 Å². The number of nitrogens with two attached hydrogens (primary N) is 1. The molecule has 0 atom stereocenters. The number of halogens is 1. The van der Waals surface area contributed by atoms with Crippen molar-refractivity contribution in [1.29, 1.82) is 0 Å². The maximum absolute atomic E-state index is 14.2. The van der Waals surface area contributed by atoms with Crippen molar-refractivity contribution in [3.63, 3.8) is 0 Å². The highest BCUT2D eigenvalue weighted by atomic mass is 19.1. The number of alkyl halides is 1. The first-order valence-electron chi connectivity index (χ1n) is 13.3. The molecule has 5 N–H and O–H groups in total. The van der Waals surface area contributed by atoms with Crippen LogP contribution in [0.4, 0.5) is 33.3 Å². The van der Waals surface area contributed by atoms with Crippen molar-refractivity contribution in [1.82, 2.24) is 15.0 Å². The second-order valence-electron chi connectivity index (χ2n) is 10.1. The van der Waals surface area contributed by atoms with Crippen LogP contribution in [0.25, 0.3) is 11.4 Å². The second-order valence-corrected chi connectivity index (χ2v) is 10.1. The summed E-state index contributed by atoms with van der Waals surface area (Å²) in [5, 5.41) is 16.2. The molecule has 1 amide bonds.